The molecule has 0 spiro atoms. The number of nitrogens with zero attached hydrogens (tertiary/aromatic N) is 3. The van der Waals surface area contributed by atoms with Gasteiger partial charge in [0, 0.05) is 53.4 Å². The lowest BCUT2D eigenvalue weighted by molar-refractivity contribution is -0.138. The molecule has 0 N–H and O–H groups in total. The zero-order valence-corrected chi connectivity index (χ0v) is 33.0. The Kier molecular flexibility index (Phi) is 12.6. The molecular formula is C48H39N3O10. The summed E-state index contributed by atoms with van der Waals surface area (Å²) in [7, 11) is 0. The number of nitriles is 2. The van der Waals surface area contributed by atoms with E-state index in [9.17, 15) is 39.3 Å². The van der Waals surface area contributed by atoms with Crippen LogP contribution >= 0.6 is 0 Å². The SMILES string of the molecule is C=CC(=O)OCCCOc1ccc(C2CCC(OC(=O)c3ccc(OCCCN4C(=O)C=CC4=O)cc3)CC2c2ccc3c(c2)C(=O)c2cc(C#N)c(C#N)cc2C3=O)cc1. The van der Waals surface area contributed by atoms with E-state index in [4.69, 9.17) is 18.9 Å². The van der Waals surface area contributed by atoms with Gasteiger partial charge in [-0.25, -0.2) is 9.59 Å². The number of hydrogen-bond acceptors (Lipinski definition) is 12. The summed E-state index contributed by atoms with van der Waals surface area (Å²) >= 11 is 0. The summed E-state index contributed by atoms with van der Waals surface area (Å²) in [6, 6.07) is 25.8. The Labute approximate surface area is 351 Å². The van der Waals surface area contributed by atoms with Gasteiger partial charge in [-0.05, 0) is 103 Å². The fourth-order valence-electron chi connectivity index (χ4n) is 7.90. The summed E-state index contributed by atoms with van der Waals surface area (Å²) in [4.78, 5) is 77.1. The minimum Gasteiger partial charge on any atom is -0.494 e. The van der Waals surface area contributed by atoms with Gasteiger partial charge in [0.25, 0.3) is 11.8 Å². The Morgan fingerprint density at radius 1 is 0.689 bits per heavy atom. The van der Waals surface area contributed by atoms with Crippen LogP contribution in [-0.2, 0) is 23.9 Å². The van der Waals surface area contributed by atoms with Crippen LogP contribution in [0.25, 0.3) is 0 Å². The standard InChI is InChI=1S/C48H39N3O10/c1-2-45(54)60-22-4-21-59-34-10-5-29(6-11-34)37-16-14-36(61-48(57)30-7-12-35(13-8-30)58-20-3-19-51-43(52)17-18-44(51)53)26-39(37)31-9-15-38-40(23-31)47(56)42-25-33(28-50)32(27-49)24-41(42)46(38)55/h2,5-13,15,17-18,23-25,36-37,39H,1,3-4,14,16,19-22,26H2. The van der Waals surface area contributed by atoms with E-state index in [0.717, 1.165) is 22.1 Å². The maximum absolute atomic E-state index is 14.0. The van der Waals surface area contributed by atoms with Crippen LogP contribution < -0.4 is 9.47 Å². The molecule has 1 heterocycles. The van der Waals surface area contributed by atoms with Crippen LogP contribution in [0.5, 0.6) is 11.5 Å². The second kappa shape index (κ2) is 18.5. The van der Waals surface area contributed by atoms with Crippen LogP contribution in [0.3, 0.4) is 0 Å². The number of carbonyl (C=O) groups excluding carboxylic acids is 6. The highest BCUT2D eigenvalue weighted by Crippen LogP contribution is 2.46. The molecule has 3 aliphatic rings. The van der Waals surface area contributed by atoms with Gasteiger partial charge in [0.05, 0.1) is 36.5 Å². The third-order valence-electron chi connectivity index (χ3n) is 11.0. The summed E-state index contributed by atoms with van der Waals surface area (Å²) in [6.07, 6.45) is 5.63. The fourth-order valence-corrected chi connectivity index (χ4v) is 7.90. The lowest BCUT2D eigenvalue weighted by Crippen LogP contribution is -2.31. The van der Waals surface area contributed by atoms with Crippen molar-refractivity contribution in [3.05, 3.63) is 154 Å². The molecule has 7 rings (SSSR count). The Balaban J connectivity index is 1.07. The first-order valence-electron chi connectivity index (χ1n) is 19.8. The molecule has 13 heteroatoms. The molecule has 3 atom stereocenters. The van der Waals surface area contributed by atoms with E-state index in [-0.39, 0.29) is 76.8 Å². The van der Waals surface area contributed by atoms with Gasteiger partial charge < -0.3 is 18.9 Å². The van der Waals surface area contributed by atoms with Gasteiger partial charge in [0.15, 0.2) is 11.6 Å². The van der Waals surface area contributed by atoms with Crippen molar-refractivity contribution in [1.29, 1.82) is 10.5 Å². The first-order valence-corrected chi connectivity index (χ1v) is 19.8. The van der Waals surface area contributed by atoms with E-state index >= 15 is 0 Å². The highest BCUT2D eigenvalue weighted by molar-refractivity contribution is 6.28. The Morgan fingerprint density at radius 3 is 1.89 bits per heavy atom. The van der Waals surface area contributed by atoms with Gasteiger partial charge in [-0.1, -0.05) is 30.8 Å². The molecular weight excluding hydrogens is 779 g/mol. The van der Waals surface area contributed by atoms with Gasteiger partial charge in [-0.2, -0.15) is 10.5 Å². The molecule has 13 nitrogen and oxygen atoms in total. The Hall–Kier alpha value is -7.64. The predicted octanol–water partition coefficient (Wildman–Crippen LogP) is 6.67. The van der Waals surface area contributed by atoms with E-state index in [1.54, 1.807) is 36.4 Å². The minimum atomic E-state index is -0.513. The van der Waals surface area contributed by atoms with Crippen LogP contribution in [0.4, 0.5) is 0 Å². The Bertz CT molecular complexity index is 2530. The first-order chi connectivity index (χ1) is 29.6. The molecule has 1 saturated carbocycles. The molecule has 2 aliphatic carbocycles. The van der Waals surface area contributed by atoms with Crippen molar-refractivity contribution >= 4 is 35.3 Å². The van der Waals surface area contributed by atoms with Gasteiger partial charge in [-0.3, -0.25) is 24.1 Å². The molecule has 1 aliphatic heterocycles. The third-order valence-corrected chi connectivity index (χ3v) is 11.0. The molecule has 306 valence electrons. The maximum atomic E-state index is 14.0. The van der Waals surface area contributed by atoms with E-state index in [1.807, 2.05) is 42.5 Å². The number of hydrogen-bond donors (Lipinski definition) is 0. The number of rotatable bonds is 15. The number of carbonyl (C=O) groups is 6. The summed E-state index contributed by atoms with van der Waals surface area (Å²) in [6.45, 7) is 4.41. The topological polar surface area (TPSA) is 190 Å². The number of ether oxygens (including phenoxy) is 4. The average molecular weight is 818 g/mol. The summed E-state index contributed by atoms with van der Waals surface area (Å²) in [5.41, 5.74) is 2.66. The maximum Gasteiger partial charge on any atom is 0.338 e. The highest BCUT2D eigenvalue weighted by atomic mass is 16.5. The first kappa shape index (κ1) is 41.5. The molecule has 0 saturated heterocycles. The van der Waals surface area contributed by atoms with Crippen LogP contribution in [0.1, 0.15) is 108 Å². The van der Waals surface area contributed by atoms with Crippen molar-refractivity contribution in [1.82, 2.24) is 4.90 Å². The number of ketones is 2. The molecule has 0 aromatic heterocycles. The van der Waals surface area contributed by atoms with Crippen molar-refractivity contribution in [2.24, 2.45) is 0 Å². The number of esters is 2. The van der Waals surface area contributed by atoms with Crippen LogP contribution in [-0.4, -0.2) is 72.7 Å². The van der Waals surface area contributed by atoms with Gasteiger partial charge >= 0.3 is 11.9 Å². The molecule has 2 amide bonds. The second-order valence-electron chi connectivity index (χ2n) is 14.7. The van der Waals surface area contributed by atoms with Crippen LogP contribution in [0.2, 0.25) is 0 Å². The Morgan fingerprint density at radius 2 is 1.26 bits per heavy atom. The average Bonchev–Trinajstić information content (AvgIpc) is 3.61. The summed E-state index contributed by atoms with van der Waals surface area (Å²) in [5.74, 6) is -1.72. The summed E-state index contributed by atoms with van der Waals surface area (Å²) < 4.78 is 22.7. The normalized spacial score (nSPS) is 17.7. The highest BCUT2D eigenvalue weighted by Gasteiger charge is 2.37. The third kappa shape index (κ3) is 9.17. The molecule has 4 aromatic rings. The molecule has 0 bridgehead atoms. The quantitative estimate of drug-likeness (QED) is 0.0473. The van der Waals surface area contributed by atoms with E-state index in [2.05, 4.69) is 6.58 Å². The molecule has 4 aromatic carbocycles. The second-order valence-corrected chi connectivity index (χ2v) is 14.7. The van der Waals surface area contributed by atoms with Crippen molar-refractivity contribution in [3.63, 3.8) is 0 Å². The molecule has 61 heavy (non-hydrogen) atoms. The number of benzene rings is 4. The zero-order valence-electron chi connectivity index (χ0n) is 33.0. The van der Waals surface area contributed by atoms with E-state index in [1.165, 1.54) is 24.3 Å². The van der Waals surface area contributed by atoms with E-state index in [0.29, 0.717) is 55.8 Å². The largest absolute Gasteiger partial charge is 0.494 e. The van der Waals surface area contributed by atoms with E-state index < -0.39 is 29.6 Å². The molecule has 3 unspecified atom stereocenters. The summed E-state index contributed by atoms with van der Waals surface area (Å²) in [5, 5.41) is 19.2. The van der Waals surface area contributed by atoms with Crippen molar-refractivity contribution < 1.29 is 47.7 Å². The smallest absolute Gasteiger partial charge is 0.338 e. The van der Waals surface area contributed by atoms with Crippen molar-refractivity contribution in [2.75, 3.05) is 26.4 Å². The van der Waals surface area contributed by atoms with Crippen molar-refractivity contribution in [3.8, 4) is 23.6 Å². The monoisotopic (exact) mass is 817 g/mol. The molecule has 1 fully saturated rings. The van der Waals surface area contributed by atoms with Crippen LogP contribution in [0.15, 0.2) is 104 Å². The van der Waals surface area contributed by atoms with Gasteiger partial charge in [0.1, 0.15) is 29.7 Å². The lowest BCUT2D eigenvalue weighted by Gasteiger charge is -2.37. The zero-order chi connectivity index (χ0) is 43.0. The predicted molar refractivity (Wildman–Crippen MR) is 218 cm³/mol. The van der Waals surface area contributed by atoms with Gasteiger partial charge in [-0.15, -0.1) is 0 Å². The van der Waals surface area contributed by atoms with Gasteiger partial charge in [0.2, 0.25) is 0 Å². The minimum absolute atomic E-state index is 0.00748. The number of imide groups is 1. The van der Waals surface area contributed by atoms with Crippen LogP contribution in [0, 0.1) is 22.7 Å². The lowest BCUT2D eigenvalue weighted by atomic mass is 9.70. The fraction of sp³-hybridized carbons (Fsp3) is 0.250. The van der Waals surface area contributed by atoms with Crippen molar-refractivity contribution in [2.45, 2.75) is 50.0 Å². The number of fused-ring (bicyclic) bond motifs is 2. The molecule has 0 radical (unpaired) electrons. The number of amides is 2.